The maximum absolute atomic E-state index is 15.0. The summed E-state index contributed by atoms with van der Waals surface area (Å²) < 4.78 is 54.6. The molecule has 4 aliphatic rings. The average Bonchev–Trinajstić information content (AvgIpc) is 3.72. The fourth-order valence-electron chi connectivity index (χ4n) is 8.13. The predicted octanol–water partition coefficient (Wildman–Crippen LogP) is 5.19. The molecule has 3 saturated heterocycles. The molecule has 0 radical (unpaired) electrons. The van der Waals surface area contributed by atoms with E-state index in [0.717, 1.165) is 32.2 Å². The number of anilines is 1. The summed E-state index contributed by atoms with van der Waals surface area (Å²) in [5.41, 5.74) is -0.121. The molecular formula is C39H45F2N5O6. The van der Waals surface area contributed by atoms with E-state index in [1.807, 2.05) is 18.9 Å². The second kappa shape index (κ2) is 14.8. The molecule has 1 unspecified atom stereocenters. The molecule has 0 spiro atoms. The molecule has 0 bridgehead atoms. The van der Waals surface area contributed by atoms with Crippen molar-refractivity contribution < 1.29 is 37.6 Å². The van der Waals surface area contributed by atoms with Crippen LogP contribution in [0.4, 0.5) is 14.6 Å². The Morgan fingerprint density at radius 3 is 2.85 bits per heavy atom. The molecule has 4 aliphatic heterocycles. The Labute approximate surface area is 302 Å². The van der Waals surface area contributed by atoms with Gasteiger partial charge in [0, 0.05) is 69.9 Å². The van der Waals surface area contributed by atoms with Gasteiger partial charge in [0.15, 0.2) is 11.9 Å². The van der Waals surface area contributed by atoms with Gasteiger partial charge in [0.25, 0.3) is 5.88 Å². The topological polar surface area (TPSA) is 110 Å². The van der Waals surface area contributed by atoms with Crippen molar-refractivity contribution in [3.8, 4) is 35.7 Å². The van der Waals surface area contributed by atoms with Gasteiger partial charge in [0.2, 0.25) is 11.7 Å². The number of terminal acetylenes is 1. The molecule has 7 rings (SSSR count). The molecule has 0 saturated carbocycles. The monoisotopic (exact) mass is 717 g/mol. The number of aromatic hydroxyl groups is 1. The molecule has 0 aliphatic carbocycles. The van der Waals surface area contributed by atoms with E-state index in [1.54, 1.807) is 11.0 Å². The summed E-state index contributed by atoms with van der Waals surface area (Å²) >= 11 is 0. The molecular weight excluding hydrogens is 672 g/mol. The zero-order chi connectivity index (χ0) is 36.6. The standard InChI is InChI=1S/C39H45F2N5O6/c1-5-29-31(41)10-9-25-16-28(47)17-30(34(25)29)32-22-50-35-36(44(4)21-27-8-7-13-46(27)33(48)6-2)42-38(43-37(35)52-32)51-23-39(3)18-26(40)20-45(39)19-24-11-14-49-15-12-24/h1,6,9-10,16-17,24,26-27,32,47H,2,7-8,11-15,18-23H2,3-4H3/t26-,27+,32?,39+/m1/s1. The highest BCUT2D eigenvalue weighted by Crippen LogP contribution is 2.45. The first-order valence-corrected chi connectivity index (χ1v) is 17.9. The van der Waals surface area contributed by atoms with Crippen LogP contribution in [0.25, 0.3) is 10.8 Å². The molecule has 276 valence electrons. The van der Waals surface area contributed by atoms with Crippen molar-refractivity contribution in [2.75, 3.05) is 64.6 Å². The minimum absolute atomic E-state index is 0.0148. The molecule has 5 heterocycles. The van der Waals surface area contributed by atoms with E-state index in [0.29, 0.717) is 67.3 Å². The number of benzene rings is 2. The zero-order valence-corrected chi connectivity index (χ0v) is 29.7. The van der Waals surface area contributed by atoms with Gasteiger partial charge >= 0.3 is 6.01 Å². The Bertz CT molecular complexity index is 1880. The number of phenols is 1. The number of ether oxygens (including phenoxy) is 4. The largest absolute Gasteiger partial charge is 0.508 e. The molecule has 3 fully saturated rings. The van der Waals surface area contributed by atoms with Crippen molar-refractivity contribution in [2.45, 2.75) is 62.9 Å². The SMILES string of the molecule is C#Cc1c(F)ccc2cc(O)cc(C3COc4c(nc(OC[C@]5(C)C[C@@H](F)CN5CC5CCOCC5)nc4N(C)C[C@@H]4CCCN4C(=O)C=C)O3)c12. The highest BCUT2D eigenvalue weighted by atomic mass is 19.1. The molecule has 52 heavy (non-hydrogen) atoms. The molecule has 13 heteroatoms. The zero-order valence-electron chi connectivity index (χ0n) is 29.7. The van der Waals surface area contributed by atoms with Crippen molar-refractivity contribution in [3.63, 3.8) is 0 Å². The van der Waals surface area contributed by atoms with Gasteiger partial charge in [-0.2, -0.15) is 9.97 Å². The summed E-state index contributed by atoms with van der Waals surface area (Å²) in [7, 11) is 1.85. The highest BCUT2D eigenvalue weighted by Gasteiger charge is 2.44. The van der Waals surface area contributed by atoms with Crippen molar-refractivity contribution in [2.24, 2.45) is 5.92 Å². The number of amides is 1. The third kappa shape index (κ3) is 7.06. The lowest BCUT2D eigenvalue weighted by atomic mass is 9.95. The number of likely N-dealkylation sites (N-methyl/N-ethyl adjacent to an activating group) is 1. The lowest BCUT2D eigenvalue weighted by Crippen LogP contribution is -2.48. The molecule has 1 aromatic heterocycles. The van der Waals surface area contributed by atoms with Gasteiger partial charge in [-0.3, -0.25) is 9.69 Å². The van der Waals surface area contributed by atoms with E-state index in [2.05, 4.69) is 22.4 Å². The molecule has 1 N–H and O–H groups in total. The fraction of sp³-hybridized carbons (Fsp3) is 0.513. The predicted molar refractivity (Wildman–Crippen MR) is 191 cm³/mol. The van der Waals surface area contributed by atoms with Crippen LogP contribution in [0, 0.1) is 24.1 Å². The number of fused-ring (bicyclic) bond motifs is 2. The van der Waals surface area contributed by atoms with Gasteiger partial charge in [-0.15, -0.1) is 6.42 Å². The van der Waals surface area contributed by atoms with Crippen LogP contribution >= 0.6 is 0 Å². The van der Waals surface area contributed by atoms with Crippen LogP contribution in [0.5, 0.6) is 23.4 Å². The van der Waals surface area contributed by atoms with Gasteiger partial charge in [-0.05, 0) is 68.2 Å². The minimum Gasteiger partial charge on any atom is -0.508 e. The van der Waals surface area contributed by atoms with E-state index in [4.69, 9.17) is 30.4 Å². The van der Waals surface area contributed by atoms with Gasteiger partial charge < -0.3 is 33.9 Å². The van der Waals surface area contributed by atoms with Crippen molar-refractivity contribution >= 4 is 22.5 Å². The number of alkyl halides is 1. The van der Waals surface area contributed by atoms with Crippen molar-refractivity contribution in [1.29, 1.82) is 0 Å². The Morgan fingerprint density at radius 1 is 1.27 bits per heavy atom. The summed E-state index contributed by atoms with van der Waals surface area (Å²) in [4.78, 5) is 27.9. The number of hydrogen-bond donors (Lipinski definition) is 1. The maximum Gasteiger partial charge on any atom is 0.322 e. The lowest BCUT2D eigenvalue weighted by Gasteiger charge is -2.37. The number of halogens is 2. The van der Waals surface area contributed by atoms with E-state index < -0.39 is 23.6 Å². The average molecular weight is 718 g/mol. The summed E-state index contributed by atoms with van der Waals surface area (Å²) in [5.74, 6) is 2.87. The Morgan fingerprint density at radius 2 is 2.08 bits per heavy atom. The first-order valence-electron chi connectivity index (χ1n) is 17.9. The van der Waals surface area contributed by atoms with Crippen LogP contribution in [0.15, 0.2) is 36.9 Å². The number of likely N-dealkylation sites (tertiary alicyclic amines) is 2. The third-order valence-corrected chi connectivity index (χ3v) is 10.9. The van der Waals surface area contributed by atoms with Crippen LogP contribution in [0.2, 0.25) is 0 Å². The van der Waals surface area contributed by atoms with E-state index >= 15 is 0 Å². The second-order valence-corrected chi connectivity index (χ2v) is 14.5. The Balaban J connectivity index is 1.21. The van der Waals surface area contributed by atoms with Crippen LogP contribution in [-0.4, -0.2) is 108 Å². The number of carbonyl (C=O) groups is 1. The third-order valence-electron chi connectivity index (χ3n) is 10.9. The number of nitrogens with zero attached hydrogens (tertiary/aromatic N) is 5. The van der Waals surface area contributed by atoms with Gasteiger partial charge in [0.05, 0.1) is 11.1 Å². The molecule has 2 aromatic carbocycles. The number of carbonyl (C=O) groups excluding carboxylic acids is 1. The molecule has 3 aromatic rings. The van der Waals surface area contributed by atoms with Crippen LogP contribution in [0.1, 0.15) is 56.3 Å². The van der Waals surface area contributed by atoms with Gasteiger partial charge in [0.1, 0.15) is 31.0 Å². The quantitative estimate of drug-likeness (QED) is 0.223. The Hall–Kier alpha value is -4.67. The number of phenolic OH excluding ortho intramolecular Hbond substituents is 1. The van der Waals surface area contributed by atoms with E-state index in [-0.39, 0.29) is 54.1 Å². The molecule has 1 amide bonds. The van der Waals surface area contributed by atoms with E-state index in [9.17, 15) is 18.7 Å². The van der Waals surface area contributed by atoms with Gasteiger partial charge in [-0.1, -0.05) is 18.6 Å². The number of hydrogen-bond acceptors (Lipinski definition) is 10. The van der Waals surface area contributed by atoms with Crippen LogP contribution < -0.4 is 19.1 Å². The number of aromatic nitrogens is 2. The summed E-state index contributed by atoms with van der Waals surface area (Å²) in [6.07, 6.45) is 9.11. The smallest absolute Gasteiger partial charge is 0.322 e. The summed E-state index contributed by atoms with van der Waals surface area (Å²) in [6.45, 7) is 9.37. The summed E-state index contributed by atoms with van der Waals surface area (Å²) in [6, 6.07) is 5.74. The number of rotatable bonds is 10. The first-order chi connectivity index (χ1) is 25.1. The maximum atomic E-state index is 15.0. The normalized spacial score (nSPS) is 24.9. The fourth-order valence-corrected chi connectivity index (χ4v) is 8.13. The van der Waals surface area contributed by atoms with Crippen molar-refractivity contribution in [1.82, 2.24) is 19.8 Å². The molecule has 11 nitrogen and oxygen atoms in total. The Kier molecular flexibility index (Phi) is 10.1. The highest BCUT2D eigenvalue weighted by molar-refractivity contribution is 5.93. The first kappa shape index (κ1) is 35.7. The second-order valence-electron chi connectivity index (χ2n) is 14.5. The van der Waals surface area contributed by atoms with E-state index in [1.165, 1.54) is 24.3 Å². The minimum atomic E-state index is -0.987. The lowest BCUT2D eigenvalue weighted by molar-refractivity contribution is -0.126. The van der Waals surface area contributed by atoms with Gasteiger partial charge in [-0.25, -0.2) is 8.78 Å². The summed E-state index contributed by atoms with van der Waals surface area (Å²) in [5, 5.41) is 11.6. The van der Waals surface area contributed by atoms with Crippen molar-refractivity contribution in [3.05, 3.63) is 53.9 Å². The van der Waals surface area contributed by atoms with Crippen LogP contribution in [-0.2, 0) is 9.53 Å². The molecule has 4 atom stereocenters. The van der Waals surface area contributed by atoms with Crippen LogP contribution in [0.3, 0.4) is 0 Å².